The van der Waals surface area contributed by atoms with E-state index in [9.17, 15) is 9.18 Å². The largest absolute Gasteiger partial charge is 0.489 e. The lowest BCUT2D eigenvalue weighted by Crippen LogP contribution is -2.15. The van der Waals surface area contributed by atoms with Crippen LogP contribution in [0.3, 0.4) is 0 Å². The molecule has 25 heavy (non-hydrogen) atoms. The second kappa shape index (κ2) is 9.07. The molecule has 0 radical (unpaired) electrons. The van der Waals surface area contributed by atoms with Crippen LogP contribution in [0.1, 0.15) is 11.1 Å². The number of hydrogen-bond acceptors (Lipinski definition) is 5. The van der Waals surface area contributed by atoms with Crippen molar-refractivity contribution in [1.29, 1.82) is 0 Å². The molecule has 0 unspecified atom stereocenters. The molecule has 0 atom stereocenters. The molecule has 0 aliphatic carbocycles. The third-order valence-corrected chi connectivity index (χ3v) is 3.08. The first-order valence-electron chi connectivity index (χ1n) is 7.30. The van der Waals surface area contributed by atoms with E-state index >= 15 is 0 Å². The van der Waals surface area contributed by atoms with Crippen molar-refractivity contribution in [3.63, 3.8) is 0 Å². The molecule has 2 aromatic rings. The van der Waals surface area contributed by atoms with Crippen molar-refractivity contribution in [2.75, 3.05) is 7.11 Å². The van der Waals surface area contributed by atoms with Gasteiger partial charge in [0.25, 0.3) is 0 Å². The van der Waals surface area contributed by atoms with Gasteiger partial charge in [0.05, 0.1) is 18.7 Å². The van der Waals surface area contributed by atoms with Crippen LogP contribution in [0.25, 0.3) is 0 Å². The van der Waals surface area contributed by atoms with Crippen molar-refractivity contribution < 1.29 is 23.5 Å². The van der Waals surface area contributed by atoms with Gasteiger partial charge < -0.3 is 20.0 Å². The summed E-state index contributed by atoms with van der Waals surface area (Å²) >= 11 is 0. The summed E-state index contributed by atoms with van der Waals surface area (Å²) in [5, 5.41) is 3.50. The average molecular weight is 344 g/mol. The first-order chi connectivity index (χ1) is 12.1. The Morgan fingerprint density at radius 2 is 2.00 bits per heavy atom. The summed E-state index contributed by atoms with van der Waals surface area (Å²) in [6.45, 7) is 0.324. The number of carbonyl (C=O) groups excluding carboxylic acids is 1. The fourth-order valence-electron chi connectivity index (χ4n) is 1.82. The number of rotatable bonds is 7. The molecule has 0 fully saturated rings. The molecular formula is C18H17FN2O4. The number of oxime groups is 1. The molecule has 2 rings (SSSR count). The number of hydrogen-bond donors (Lipinski definition) is 1. The minimum absolute atomic E-state index is 0.0542. The lowest BCUT2D eigenvalue weighted by Gasteiger charge is -2.08. The fraction of sp³-hybridized carbons (Fsp3) is 0.111. The molecule has 0 bridgehead atoms. The van der Waals surface area contributed by atoms with E-state index < -0.39 is 11.8 Å². The normalized spacial score (nSPS) is 11.4. The number of methoxy groups -OCH3 is 1. The molecule has 2 aromatic carbocycles. The van der Waals surface area contributed by atoms with Gasteiger partial charge in [-0.2, -0.15) is 0 Å². The van der Waals surface area contributed by atoms with Crippen molar-refractivity contribution in [2.45, 2.75) is 6.61 Å². The highest BCUT2D eigenvalue weighted by molar-refractivity contribution is 5.97. The summed E-state index contributed by atoms with van der Waals surface area (Å²) in [6, 6.07) is 13.7. The highest BCUT2D eigenvalue weighted by Crippen LogP contribution is 2.18. The first-order valence-corrected chi connectivity index (χ1v) is 7.30. The van der Waals surface area contributed by atoms with Gasteiger partial charge in [-0.05, 0) is 17.7 Å². The van der Waals surface area contributed by atoms with Crippen LogP contribution in [0.2, 0.25) is 0 Å². The highest BCUT2D eigenvalue weighted by atomic mass is 19.1. The Balaban J connectivity index is 1.98. The third kappa shape index (κ3) is 5.65. The van der Waals surface area contributed by atoms with Gasteiger partial charge in [0.1, 0.15) is 24.4 Å². The Morgan fingerprint density at radius 1 is 1.24 bits per heavy atom. The zero-order valence-corrected chi connectivity index (χ0v) is 13.5. The summed E-state index contributed by atoms with van der Waals surface area (Å²) in [7, 11) is 1.22. The van der Waals surface area contributed by atoms with E-state index in [0.29, 0.717) is 12.4 Å². The van der Waals surface area contributed by atoms with E-state index in [2.05, 4.69) is 9.89 Å². The van der Waals surface area contributed by atoms with Gasteiger partial charge in [0.2, 0.25) is 0 Å². The number of nitrogens with two attached hydrogens (primary N) is 1. The Morgan fingerprint density at radius 3 is 2.68 bits per heavy atom. The second-order valence-corrected chi connectivity index (χ2v) is 4.82. The topological polar surface area (TPSA) is 83.1 Å². The van der Waals surface area contributed by atoms with Gasteiger partial charge in [-0.25, -0.2) is 9.18 Å². The van der Waals surface area contributed by atoms with Crippen LogP contribution in [0.4, 0.5) is 4.39 Å². The number of benzene rings is 2. The molecule has 130 valence electrons. The standard InChI is InChI=1S/C18H17FN2O4/c1-23-17(22)9-10-25-21-18(20)15-8-7-14(11-16(15)19)24-12-13-5-3-2-4-6-13/h2-11H,12H2,1H3,(H2,20,21). The van der Waals surface area contributed by atoms with Gasteiger partial charge in [-0.15, -0.1) is 0 Å². The van der Waals surface area contributed by atoms with Crippen LogP contribution >= 0.6 is 0 Å². The van der Waals surface area contributed by atoms with Gasteiger partial charge in [0.15, 0.2) is 5.84 Å². The van der Waals surface area contributed by atoms with Crippen molar-refractivity contribution in [3.8, 4) is 5.75 Å². The van der Waals surface area contributed by atoms with Crippen LogP contribution < -0.4 is 10.5 Å². The quantitative estimate of drug-likeness (QED) is 0.208. The average Bonchev–Trinajstić information content (AvgIpc) is 2.64. The van der Waals surface area contributed by atoms with Crippen molar-refractivity contribution >= 4 is 11.8 Å². The van der Waals surface area contributed by atoms with Gasteiger partial charge in [-0.3, -0.25) is 0 Å². The molecule has 0 saturated heterocycles. The molecule has 0 amide bonds. The minimum Gasteiger partial charge on any atom is -0.489 e. The van der Waals surface area contributed by atoms with Crippen LogP contribution in [-0.2, 0) is 21.0 Å². The van der Waals surface area contributed by atoms with E-state index in [4.69, 9.17) is 15.3 Å². The van der Waals surface area contributed by atoms with Crippen molar-refractivity contribution in [1.82, 2.24) is 0 Å². The monoisotopic (exact) mass is 344 g/mol. The number of halogens is 1. The number of ether oxygens (including phenoxy) is 2. The Bertz CT molecular complexity index is 776. The molecule has 0 saturated carbocycles. The molecule has 2 N–H and O–H groups in total. The summed E-state index contributed by atoms with van der Waals surface area (Å²) in [5.74, 6) is -1.03. The van der Waals surface area contributed by atoms with Gasteiger partial charge in [0, 0.05) is 6.07 Å². The first kappa shape index (κ1) is 18.0. The number of nitrogens with zero attached hydrogens (tertiary/aromatic N) is 1. The van der Waals surface area contributed by atoms with Crippen molar-refractivity contribution in [3.05, 3.63) is 77.8 Å². The lowest BCUT2D eigenvalue weighted by atomic mass is 10.2. The Labute approximate surface area is 144 Å². The fourth-order valence-corrected chi connectivity index (χ4v) is 1.82. The third-order valence-electron chi connectivity index (χ3n) is 3.08. The van der Waals surface area contributed by atoms with Crippen molar-refractivity contribution in [2.24, 2.45) is 10.9 Å². The van der Waals surface area contributed by atoms with E-state index in [1.807, 2.05) is 30.3 Å². The molecule has 0 heterocycles. The van der Waals surface area contributed by atoms with Crippen LogP contribution in [0.15, 0.2) is 66.0 Å². The number of esters is 1. The molecule has 7 heteroatoms. The maximum atomic E-state index is 14.1. The summed E-state index contributed by atoms with van der Waals surface area (Å²) in [5.41, 5.74) is 6.68. The van der Waals surface area contributed by atoms with Crippen LogP contribution in [0.5, 0.6) is 5.75 Å². The number of carbonyl (C=O) groups is 1. The molecule has 0 aliphatic rings. The maximum absolute atomic E-state index is 14.1. The highest BCUT2D eigenvalue weighted by Gasteiger charge is 2.09. The molecule has 6 nitrogen and oxygen atoms in total. The maximum Gasteiger partial charge on any atom is 0.333 e. The summed E-state index contributed by atoms with van der Waals surface area (Å²) < 4.78 is 24.0. The zero-order valence-electron chi connectivity index (χ0n) is 13.5. The van der Waals surface area contributed by atoms with Crippen LogP contribution in [-0.4, -0.2) is 18.9 Å². The van der Waals surface area contributed by atoms with Crippen LogP contribution in [0, 0.1) is 5.82 Å². The van der Waals surface area contributed by atoms with Gasteiger partial charge in [-0.1, -0.05) is 35.5 Å². The molecule has 0 aliphatic heterocycles. The number of amidine groups is 1. The van der Waals surface area contributed by atoms with E-state index in [-0.39, 0.29) is 11.4 Å². The summed E-state index contributed by atoms with van der Waals surface area (Å²) in [6.07, 6.45) is 1.99. The van der Waals surface area contributed by atoms with E-state index in [0.717, 1.165) is 17.9 Å². The smallest absolute Gasteiger partial charge is 0.333 e. The Kier molecular flexibility index (Phi) is 6.53. The van der Waals surface area contributed by atoms with Gasteiger partial charge >= 0.3 is 5.97 Å². The van der Waals surface area contributed by atoms with E-state index in [1.165, 1.54) is 19.2 Å². The molecular weight excluding hydrogens is 327 g/mol. The SMILES string of the molecule is COC(=O)C=CO/N=C(\N)c1ccc(OCc2ccccc2)cc1F. The predicted molar refractivity (Wildman–Crippen MR) is 90.1 cm³/mol. The zero-order chi connectivity index (χ0) is 18.1. The lowest BCUT2D eigenvalue weighted by molar-refractivity contribution is -0.135. The summed E-state index contributed by atoms with van der Waals surface area (Å²) in [4.78, 5) is 15.5. The Hall–Kier alpha value is -3.35. The second-order valence-electron chi connectivity index (χ2n) is 4.82. The van der Waals surface area contributed by atoms with E-state index in [1.54, 1.807) is 6.07 Å². The predicted octanol–water partition coefficient (Wildman–Crippen LogP) is 2.73. The molecule has 0 aromatic heterocycles. The molecule has 0 spiro atoms. The minimum atomic E-state index is -0.611.